The highest BCUT2D eigenvalue weighted by Crippen LogP contribution is 2.18. The molecule has 0 saturated carbocycles. The Bertz CT molecular complexity index is 732. The molecule has 0 aliphatic carbocycles. The maximum absolute atomic E-state index is 5.18. The molecule has 3 aromatic rings. The summed E-state index contributed by atoms with van der Waals surface area (Å²) in [6, 6.07) is 16.3. The second-order valence-corrected chi connectivity index (χ2v) is 4.93. The van der Waals surface area contributed by atoms with Gasteiger partial charge in [-0.2, -0.15) is 0 Å². The zero-order valence-corrected chi connectivity index (χ0v) is 12.2. The van der Waals surface area contributed by atoms with Crippen LogP contribution in [0.2, 0.25) is 0 Å². The third-order valence-corrected chi connectivity index (χ3v) is 3.51. The number of nitrogens with zero attached hydrogens (tertiary/aromatic N) is 3. The molecule has 106 valence electrons. The van der Waals surface area contributed by atoms with Crippen LogP contribution in [0.5, 0.6) is 5.75 Å². The number of ether oxygens (including phenoxy) is 1. The summed E-state index contributed by atoms with van der Waals surface area (Å²) in [6.45, 7) is 2.09. The van der Waals surface area contributed by atoms with Gasteiger partial charge >= 0.3 is 0 Å². The number of rotatable bonds is 4. The van der Waals surface area contributed by atoms with Gasteiger partial charge in [0.15, 0.2) is 0 Å². The van der Waals surface area contributed by atoms with Gasteiger partial charge in [-0.1, -0.05) is 30.3 Å². The maximum atomic E-state index is 5.18. The molecule has 21 heavy (non-hydrogen) atoms. The molecule has 0 aliphatic heterocycles. The smallest absolute Gasteiger partial charge is 0.141 e. The van der Waals surface area contributed by atoms with Crippen molar-refractivity contribution in [3.63, 3.8) is 0 Å². The molecule has 2 aromatic carbocycles. The number of aryl methyl sites for hydroxylation is 1. The van der Waals surface area contributed by atoms with Crippen LogP contribution in [0.15, 0.2) is 54.9 Å². The molecule has 0 saturated heterocycles. The third-order valence-electron chi connectivity index (χ3n) is 3.51. The average Bonchev–Trinajstić information content (AvgIpc) is 2.96. The van der Waals surface area contributed by atoms with Crippen molar-refractivity contribution in [1.82, 2.24) is 14.8 Å². The fourth-order valence-electron chi connectivity index (χ4n) is 2.34. The minimum absolute atomic E-state index is 0.734. The molecule has 0 atom stereocenters. The summed E-state index contributed by atoms with van der Waals surface area (Å²) in [7, 11) is 1.67. The van der Waals surface area contributed by atoms with Crippen molar-refractivity contribution >= 4 is 0 Å². The molecule has 0 aliphatic rings. The monoisotopic (exact) mass is 279 g/mol. The number of para-hydroxylation sites is 1. The van der Waals surface area contributed by atoms with E-state index in [4.69, 9.17) is 4.74 Å². The van der Waals surface area contributed by atoms with E-state index in [1.54, 1.807) is 13.4 Å². The van der Waals surface area contributed by atoms with E-state index in [0.717, 1.165) is 23.7 Å². The Morgan fingerprint density at radius 3 is 2.52 bits per heavy atom. The highest BCUT2D eigenvalue weighted by atomic mass is 16.5. The van der Waals surface area contributed by atoms with Crippen LogP contribution in [0.4, 0.5) is 0 Å². The Morgan fingerprint density at radius 2 is 1.81 bits per heavy atom. The topological polar surface area (TPSA) is 39.9 Å². The summed E-state index contributed by atoms with van der Waals surface area (Å²) >= 11 is 0. The van der Waals surface area contributed by atoms with Gasteiger partial charge in [0.2, 0.25) is 0 Å². The Hall–Kier alpha value is -2.62. The first kappa shape index (κ1) is 13.4. The lowest BCUT2D eigenvalue weighted by Gasteiger charge is -2.09. The minimum Gasteiger partial charge on any atom is -0.497 e. The summed E-state index contributed by atoms with van der Waals surface area (Å²) in [5, 5.41) is 8.31. The summed E-state index contributed by atoms with van der Waals surface area (Å²) in [4.78, 5) is 0. The highest BCUT2D eigenvalue weighted by molar-refractivity contribution is 5.41. The molecule has 0 spiro atoms. The lowest BCUT2D eigenvalue weighted by atomic mass is 10.1. The van der Waals surface area contributed by atoms with E-state index >= 15 is 0 Å². The van der Waals surface area contributed by atoms with E-state index in [1.165, 1.54) is 11.1 Å². The first-order valence-corrected chi connectivity index (χ1v) is 6.86. The van der Waals surface area contributed by atoms with Crippen molar-refractivity contribution in [2.75, 3.05) is 7.11 Å². The Balaban J connectivity index is 1.90. The maximum Gasteiger partial charge on any atom is 0.141 e. The Labute approximate surface area is 124 Å². The molecule has 4 nitrogen and oxygen atoms in total. The second kappa shape index (κ2) is 5.79. The summed E-state index contributed by atoms with van der Waals surface area (Å²) in [6.07, 6.45) is 2.50. The molecule has 0 radical (unpaired) electrons. The molecule has 1 aromatic heterocycles. The number of benzene rings is 2. The number of hydrogen-bond donors (Lipinski definition) is 0. The first-order chi connectivity index (χ1) is 10.3. The first-order valence-electron chi connectivity index (χ1n) is 6.86. The lowest BCUT2D eigenvalue weighted by molar-refractivity contribution is 0.414. The summed E-state index contributed by atoms with van der Waals surface area (Å²) < 4.78 is 7.22. The number of methoxy groups -OCH3 is 1. The van der Waals surface area contributed by atoms with Crippen LogP contribution in [-0.2, 0) is 6.42 Å². The molecule has 1 heterocycles. The van der Waals surface area contributed by atoms with Crippen molar-refractivity contribution < 1.29 is 4.74 Å². The van der Waals surface area contributed by atoms with Crippen LogP contribution in [-0.4, -0.2) is 21.9 Å². The molecule has 0 amide bonds. The van der Waals surface area contributed by atoms with Gasteiger partial charge in [-0.15, -0.1) is 10.2 Å². The van der Waals surface area contributed by atoms with Crippen molar-refractivity contribution in [2.45, 2.75) is 13.3 Å². The third kappa shape index (κ3) is 2.79. The van der Waals surface area contributed by atoms with Gasteiger partial charge in [-0.05, 0) is 36.2 Å². The van der Waals surface area contributed by atoms with E-state index in [9.17, 15) is 0 Å². The van der Waals surface area contributed by atoms with Gasteiger partial charge in [-0.25, -0.2) is 0 Å². The van der Waals surface area contributed by atoms with Gasteiger partial charge in [0.1, 0.15) is 17.9 Å². The molecule has 3 rings (SSSR count). The molecule has 0 bridgehead atoms. The van der Waals surface area contributed by atoms with Gasteiger partial charge in [0.25, 0.3) is 0 Å². The standard InChI is InChI=1S/C17H17N3O/c1-13-5-3-4-6-16(13)20-12-18-19-17(20)11-14-7-9-15(21-2)10-8-14/h3-10,12H,11H2,1-2H3. The number of hydrogen-bond acceptors (Lipinski definition) is 3. The van der Waals surface area contributed by atoms with Gasteiger partial charge in [0.05, 0.1) is 12.8 Å². The Kier molecular flexibility index (Phi) is 3.69. The Morgan fingerprint density at radius 1 is 1.05 bits per heavy atom. The highest BCUT2D eigenvalue weighted by Gasteiger charge is 2.09. The van der Waals surface area contributed by atoms with Crippen molar-refractivity contribution in [2.24, 2.45) is 0 Å². The van der Waals surface area contributed by atoms with Crippen LogP contribution < -0.4 is 4.74 Å². The molecule has 0 unspecified atom stereocenters. The van der Waals surface area contributed by atoms with Gasteiger partial charge in [-0.3, -0.25) is 4.57 Å². The number of aromatic nitrogens is 3. The zero-order chi connectivity index (χ0) is 14.7. The molecule has 0 N–H and O–H groups in total. The van der Waals surface area contributed by atoms with E-state index in [-0.39, 0.29) is 0 Å². The fraction of sp³-hybridized carbons (Fsp3) is 0.176. The minimum atomic E-state index is 0.734. The molecular weight excluding hydrogens is 262 g/mol. The van der Waals surface area contributed by atoms with Crippen molar-refractivity contribution in [3.05, 3.63) is 71.8 Å². The summed E-state index contributed by atoms with van der Waals surface area (Å²) in [5.74, 6) is 1.79. The van der Waals surface area contributed by atoms with E-state index < -0.39 is 0 Å². The second-order valence-electron chi connectivity index (χ2n) is 4.93. The average molecular weight is 279 g/mol. The van der Waals surface area contributed by atoms with Crippen LogP contribution in [0.1, 0.15) is 17.0 Å². The molecule has 0 fully saturated rings. The predicted octanol–water partition coefficient (Wildman–Crippen LogP) is 3.18. The SMILES string of the molecule is COc1ccc(Cc2nncn2-c2ccccc2C)cc1. The van der Waals surface area contributed by atoms with E-state index in [0.29, 0.717) is 0 Å². The van der Waals surface area contributed by atoms with Crippen LogP contribution in [0.25, 0.3) is 5.69 Å². The van der Waals surface area contributed by atoms with Crippen molar-refractivity contribution in [1.29, 1.82) is 0 Å². The molecular formula is C17H17N3O. The fourth-order valence-corrected chi connectivity index (χ4v) is 2.34. The zero-order valence-electron chi connectivity index (χ0n) is 12.2. The van der Waals surface area contributed by atoms with E-state index in [1.807, 2.05) is 28.8 Å². The van der Waals surface area contributed by atoms with Crippen LogP contribution in [0.3, 0.4) is 0 Å². The van der Waals surface area contributed by atoms with Crippen LogP contribution in [0, 0.1) is 6.92 Å². The lowest BCUT2D eigenvalue weighted by Crippen LogP contribution is -2.03. The van der Waals surface area contributed by atoms with E-state index in [2.05, 4.69) is 41.4 Å². The summed E-state index contributed by atoms with van der Waals surface area (Å²) in [5.41, 5.74) is 3.50. The largest absolute Gasteiger partial charge is 0.497 e. The van der Waals surface area contributed by atoms with Gasteiger partial charge in [0, 0.05) is 6.42 Å². The quantitative estimate of drug-likeness (QED) is 0.736. The molecule has 4 heteroatoms. The van der Waals surface area contributed by atoms with Crippen molar-refractivity contribution in [3.8, 4) is 11.4 Å². The van der Waals surface area contributed by atoms with Crippen LogP contribution >= 0.6 is 0 Å². The predicted molar refractivity (Wildman–Crippen MR) is 81.9 cm³/mol. The van der Waals surface area contributed by atoms with Gasteiger partial charge < -0.3 is 4.74 Å². The normalized spacial score (nSPS) is 10.6.